The van der Waals surface area contributed by atoms with Crippen LogP contribution in [0.5, 0.6) is 11.5 Å². The van der Waals surface area contributed by atoms with E-state index in [9.17, 15) is 17.6 Å². The van der Waals surface area contributed by atoms with Crippen molar-refractivity contribution in [3.05, 3.63) is 83.3 Å². The number of benzene rings is 2. The summed E-state index contributed by atoms with van der Waals surface area (Å²) >= 11 is 6.36. The molecule has 0 amide bonds. The van der Waals surface area contributed by atoms with Crippen LogP contribution in [0.25, 0.3) is 22.4 Å². The number of hydrogen-bond acceptors (Lipinski definition) is 8. The van der Waals surface area contributed by atoms with Crippen LogP contribution in [0.1, 0.15) is 25.3 Å². The molecule has 1 aliphatic heterocycles. The summed E-state index contributed by atoms with van der Waals surface area (Å²) < 4.78 is 68.9. The van der Waals surface area contributed by atoms with E-state index in [1.807, 2.05) is 12.1 Å². The molecule has 14 heteroatoms. The summed E-state index contributed by atoms with van der Waals surface area (Å²) in [5, 5.41) is 8.89. The van der Waals surface area contributed by atoms with E-state index in [4.69, 9.17) is 26.1 Å². The maximum absolute atomic E-state index is 15.0. The molecule has 6 rings (SSSR count). The Hall–Kier alpha value is -4.49. The Balaban J connectivity index is 1.27. The van der Waals surface area contributed by atoms with E-state index in [1.165, 1.54) is 17.1 Å². The minimum Gasteiger partial charge on any atom is -0.494 e. The highest BCUT2D eigenvalue weighted by molar-refractivity contribution is 6.33. The largest absolute Gasteiger partial charge is 0.494 e. The molecule has 0 spiro atoms. The van der Waals surface area contributed by atoms with Crippen LogP contribution in [-0.2, 0) is 6.54 Å². The van der Waals surface area contributed by atoms with Gasteiger partial charge >= 0.3 is 0 Å². The van der Waals surface area contributed by atoms with Crippen molar-refractivity contribution in [3.63, 3.8) is 0 Å². The second-order valence-corrected chi connectivity index (χ2v) is 11.2. The van der Waals surface area contributed by atoms with Gasteiger partial charge in [0.1, 0.15) is 23.1 Å². The zero-order chi connectivity index (χ0) is 32.3. The van der Waals surface area contributed by atoms with Crippen molar-refractivity contribution in [1.82, 2.24) is 29.6 Å². The van der Waals surface area contributed by atoms with E-state index < -0.39 is 17.6 Å². The van der Waals surface area contributed by atoms with Gasteiger partial charge in [0.25, 0.3) is 5.92 Å². The van der Waals surface area contributed by atoms with Crippen LogP contribution >= 0.6 is 11.6 Å². The van der Waals surface area contributed by atoms with Crippen LogP contribution in [0.4, 0.5) is 29.1 Å². The summed E-state index contributed by atoms with van der Waals surface area (Å²) in [6, 6.07) is 11.2. The number of nitrogens with zero attached hydrogens (tertiary/aromatic N) is 6. The summed E-state index contributed by atoms with van der Waals surface area (Å²) in [6.07, 6.45) is 5.89. The SMILES string of the molecule is CCOc1cc(F)c(Cn2nc(-c3ncc(OCCCCN4CC(F)(F)C4)c(Nc4ccncc4Cl)n3)c3ccccc32)c(F)c1. The molecule has 0 atom stereocenters. The predicted octanol–water partition coefficient (Wildman–Crippen LogP) is 7.12. The molecule has 9 nitrogen and oxygen atoms in total. The van der Waals surface area contributed by atoms with E-state index in [0.29, 0.717) is 64.9 Å². The Morgan fingerprint density at radius 1 is 1.02 bits per heavy atom. The van der Waals surface area contributed by atoms with Crippen LogP contribution in [0.15, 0.2) is 61.1 Å². The third kappa shape index (κ3) is 7.00. The molecule has 1 saturated heterocycles. The van der Waals surface area contributed by atoms with E-state index in [2.05, 4.69) is 20.4 Å². The average molecular weight is 656 g/mol. The lowest BCUT2D eigenvalue weighted by molar-refractivity contribution is -0.130. The normalized spacial score (nSPS) is 14.3. The lowest BCUT2D eigenvalue weighted by atomic mass is 10.1. The Morgan fingerprint density at radius 3 is 2.54 bits per heavy atom. The first-order valence-corrected chi connectivity index (χ1v) is 15.1. The van der Waals surface area contributed by atoms with Crippen molar-refractivity contribution in [2.75, 3.05) is 38.2 Å². The Bertz CT molecular complexity index is 1820. The fourth-order valence-corrected chi connectivity index (χ4v) is 5.38. The van der Waals surface area contributed by atoms with Gasteiger partial charge in [-0.05, 0) is 38.4 Å². The van der Waals surface area contributed by atoms with Crippen LogP contribution in [0, 0.1) is 11.6 Å². The minimum absolute atomic E-state index is 0.109. The molecule has 0 saturated carbocycles. The number of rotatable bonds is 13. The van der Waals surface area contributed by atoms with Crippen LogP contribution in [0.2, 0.25) is 5.02 Å². The zero-order valence-corrected chi connectivity index (χ0v) is 25.6. The van der Waals surface area contributed by atoms with Crippen LogP contribution < -0.4 is 14.8 Å². The standard InChI is InChI=1S/C32H30ClF4N7O2/c1-2-45-20-13-24(34)22(25(35)14-20)17-44-27-8-4-3-7-21(27)29(42-44)31-39-16-28(30(41-31)40-26-9-10-38-15-23(26)33)46-12-6-5-11-43-18-32(36,37)19-43/h3-4,7-10,13-16H,2,5-6,11-12,17-19H2,1H3,(H,38,39,40,41). The van der Waals surface area contributed by atoms with Crippen LogP contribution in [0.3, 0.4) is 0 Å². The lowest BCUT2D eigenvalue weighted by Gasteiger charge is -2.38. The maximum atomic E-state index is 15.0. The fourth-order valence-electron chi connectivity index (χ4n) is 5.21. The van der Waals surface area contributed by atoms with Gasteiger partial charge in [0.15, 0.2) is 17.4 Å². The van der Waals surface area contributed by atoms with Gasteiger partial charge < -0.3 is 14.8 Å². The number of ether oxygens (including phenoxy) is 2. The summed E-state index contributed by atoms with van der Waals surface area (Å²) in [4.78, 5) is 15.0. The second kappa shape index (κ2) is 13.5. The van der Waals surface area contributed by atoms with E-state index >= 15 is 0 Å². The Morgan fingerprint density at radius 2 is 1.80 bits per heavy atom. The Labute approximate surface area is 267 Å². The number of nitrogens with one attached hydrogen (secondary N) is 1. The number of halogens is 5. The van der Waals surface area contributed by atoms with Crippen LogP contribution in [-0.4, -0.2) is 68.4 Å². The smallest absolute Gasteiger partial charge is 0.272 e. The van der Waals surface area contributed by atoms with Crippen molar-refractivity contribution < 1.29 is 27.0 Å². The molecule has 5 aromatic rings. The quantitative estimate of drug-likeness (QED) is 0.106. The highest BCUT2D eigenvalue weighted by atomic mass is 35.5. The van der Waals surface area contributed by atoms with Gasteiger partial charge in [-0.3, -0.25) is 14.6 Å². The van der Waals surface area contributed by atoms with Gasteiger partial charge in [-0.15, -0.1) is 0 Å². The highest BCUT2D eigenvalue weighted by Gasteiger charge is 2.43. The molecule has 1 fully saturated rings. The molecule has 4 heterocycles. The number of hydrogen-bond donors (Lipinski definition) is 1. The van der Waals surface area contributed by atoms with E-state index in [-0.39, 0.29) is 43.4 Å². The summed E-state index contributed by atoms with van der Waals surface area (Å²) in [5.41, 5.74) is 1.39. The molecular weight excluding hydrogens is 626 g/mol. The number of alkyl halides is 2. The molecule has 2 aromatic carbocycles. The molecule has 1 N–H and O–H groups in total. The summed E-state index contributed by atoms with van der Waals surface area (Å²) in [7, 11) is 0. The molecule has 1 aliphatic rings. The fraction of sp³-hybridized carbons (Fsp3) is 0.312. The molecule has 0 radical (unpaired) electrons. The van der Waals surface area contributed by atoms with Gasteiger partial charge in [-0.25, -0.2) is 27.5 Å². The summed E-state index contributed by atoms with van der Waals surface area (Å²) in [6.45, 7) is 2.28. The van der Waals surface area contributed by atoms with Gasteiger partial charge in [0.05, 0.1) is 55.3 Å². The third-order valence-corrected chi connectivity index (χ3v) is 7.72. The van der Waals surface area contributed by atoms with Crippen molar-refractivity contribution in [1.29, 1.82) is 0 Å². The van der Waals surface area contributed by atoms with Gasteiger partial charge in [0, 0.05) is 35.5 Å². The first-order chi connectivity index (χ1) is 22.2. The van der Waals surface area contributed by atoms with Crippen molar-refractivity contribution in [2.24, 2.45) is 0 Å². The minimum atomic E-state index is -2.59. The lowest BCUT2D eigenvalue weighted by Crippen LogP contribution is -2.56. The monoisotopic (exact) mass is 655 g/mol. The molecule has 0 bridgehead atoms. The topological polar surface area (TPSA) is 90.2 Å². The second-order valence-electron chi connectivity index (χ2n) is 10.8. The molecule has 240 valence electrons. The summed E-state index contributed by atoms with van der Waals surface area (Å²) in [5.74, 6) is -3.08. The zero-order valence-electron chi connectivity index (χ0n) is 24.8. The number of pyridine rings is 1. The van der Waals surface area contributed by atoms with E-state index in [0.717, 1.165) is 12.1 Å². The predicted molar refractivity (Wildman–Crippen MR) is 166 cm³/mol. The van der Waals surface area contributed by atoms with E-state index in [1.54, 1.807) is 36.2 Å². The average Bonchev–Trinajstić information content (AvgIpc) is 3.38. The van der Waals surface area contributed by atoms with Crippen molar-refractivity contribution >= 4 is 34.0 Å². The molecule has 0 aliphatic carbocycles. The highest BCUT2D eigenvalue weighted by Crippen LogP contribution is 2.33. The number of para-hydroxylation sites is 1. The molecule has 3 aromatic heterocycles. The van der Waals surface area contributed by atoms with Crippen molar-refractivity contribution in [2.45, 2.75) is 32.2 Å². The molecule has 0 unspecified atom stereocenters. The Kier molecular flexibility index (Phi) is 9.22. The number of unbranched alkanes of at least 4 members (excludes halogenated alkanes) is 1. The molecular formula is C32H30ClF4N7O2. The number of aromatic nitrogens is 5. The molecule has 46 heavy (non-hydrogen) atoms. The van der Waals surface area contributed by atoms with Gasteiger partial charge in [-0.2, -0.15) is 5.10 Å². The number of likely N-dealkylation sites (tertiary alicyclic amines) is 1. The van der Waals surface area contributed by atoms with Gasteiger partial charge in [-0.1, -0.05) is 29.8 Å². The van der Waals surface area contributed by atoms with Gasteiger partial charge in [0.2, 0.25) is 0 Å². The first kappa shape index (κ1) is 31.5. The maximum Gasteiger partial charge on any atom is 0.272 e. The van der Waals surface area contributed by atoms with Crippen molar-refractivity contribution in [3.8, 4) is 23.0 Å². The number of anilines is 2. The number of fused-ring (bicyclic) bond motifs is 1. The first-order valence-electron chi connectivity index (χ1n) is 14.7. The third-order valence-electron chi connectivity index (χ3n) is 7.42.